The van der Waals surface area contributed by atoms with Crippen molar-refractivity contribution >= 4 is 52.2 Å². The molecule has 3 aromatic carbocycles. The second kappa shape index (κ2) is 12.0. The van der Waals surface area contributed by atoms with Gasteiger partial charge >= 0.3 is 11.0 Å². The molecule has 0 unspecified atom stereocenters. The fraction of sp³-hybridized carbons (Fsp3) is 0.314. The highest BCUT2D eigenvalue weighted by atomic mass is 32.2. The third-order valence-electron chi connectivity index (χ3n) is 10.2. The number of alkyl halides is 3. The minimum atomic E-state index is -4.56. The lowest BCUT2D eigenvalue weighted by molar-refractivity contribution is -0.137. The van der Waals surface area contributed by atoms with Crippen LogP contribution >= 0.6 is 23.1 Å². The quantitative estimate of drug-likeness (QED) is 0.170. The maximum atomic E-state index is 13.9. The second-order valence-electron chi connectivity index (χ2n) is 12.8. The largest absolute Gasteiger partial charge is 0.493 e. The number of ether oxygens (including phenoxy) is 2. The van der Waals surface area contributed by atoms with E-state index in [9.17, 15) is 36.7 Å². The monoisotopic (exact) mass is 725 g/mol. The minimum absolute atomic E-state index is 0.0295. The number of imide groups is 1. The summed E-state index contributed by atoms with van der Waals surface area (Å²) in [6.45, 7) is -0.506. The lowest BCUT2D eigenvalue weighted by Crippen LogP contribution is -2.42. The summed E-state index contributed by atoms with van der Waals surface area (Å²) < 4.78 is 64.3. The third-order valence-corrected chi connectivity index (χ3v) is 12.8. The van der Waals surface area contributed by atoms with Gasteiger partial charge in [-0.25, -0.2) is 4.39 Å². The normalized spacial score (nSPS) is 26.4. The van der Waals surface area contributed by atoms with Gasteiger partial charge in [0.05, 0.1) is 35.2 Å². The molecule has 50 heavy (non-hydrogen) atoms. The number of amides is 3. The zero-order valence-electron chi connectivity index (χ0n) is 26.0. The smallest absolute Gasteiger partial charge is 0.416 e. The topological polar surface area (TPSA) is 118 Å². The molecule has 0 spiro atoms. The number of methoxy groups -OCH3 is 1. The van der Waals surface area contributed by atoms with Gasteiger partial charge in [-0.1, -0.05) is 23.5 Å². The highest BCUT2D eigenvalue weighted by molar-refractivity contribution is 8.00. The Morgan fingerprint density at radius 3 is 2.44 bits per heavy atom. The molecule has 0 radical (unpaired) electrons. The number of carbonyl (C=O) groups is 3. The number of aromatic amines is 1. The molecule has 3 amide bonds. The van der Waals surface area contributed by atoms with Gasteiger partial charge in [0.2, 0.25) is 11.8 Å². The molecule has 258 valence electrons. The van der Waals surface area contributed by atoms with Crippen LogP contribution in [0.15, 0.2) is 76.6 Å². The fourth-order valence-electron chi connectivity index (χ4n) is 8.35. The molecule has 2 saturated carbocycles. The van der Waals surface area contributed by atoms with E-state index in [0.29, 0.717) is 17.9 Å². The van der Waals surface area contributed by atoms with Gasteiger partial charge in [0, 0.05) is 21.7 Å². The number of thiazole rings is 1. The second-order valence-corrected chi connectivity index (χ2v) is 15.0. The lowest BCUT2D eigenvalue weighted by Gasteiger charge is -2.43. The van der Waals surface area contributed by atoms with Crippen molar-refractivity contribution in [1.29, 1.82) is 0 Å². The Morgan fingerprint density at radius 2 is 1.72 bits per heavy atom. The van der Waals surface area contributed by atoms with Crippen molar-refractivity contribution in [1.82, 2.24) is 4.98 Å². The van der Waals surface area contributed by atoms with E-state index < -0.39 is 41.9 Å². The first kappa shape index (κ1) is 32.6. The summed E-state index contributed by atoms with van der Waals surface area (Å²) in [5.41, 5.74) is 0.214. The van der Waals surface area contributed by atoms with E-state index in [1.807, 2.05) is 6.07 Å². The molecule has 7 atom stereocenters. The fourth-order valence-corrected chi connectivity index (χ4v) is 11.2. The average molecular weight is 726 g/mol. The van der Waals surface area contributed by atoms with E-state index in [2.05, 4.69) is 10.3 Å². The number of nitrogens with zero attached hydrogens (tertiary/aromatic N) is 1. The third kappa shape index (κ3) is 5.29. The number of aromatic nitrogens is 1. The van der Waals surface area contributed by atoms with Crippen LogP contribution in [-0.4, -0.2) is 41.7 Å². The number of anilines is 2. The van der Waals surface area contributed by atoms with Crippen LogP contribution in [0.2, 0.25) is 0 Å². The molecular weight excluding hydrogens is 699 g/mol. The molecule has 2 bridgehead atoms. The van der Waals surface area contributed by atoms with Crippen molar-refractivity contribution in [2.24, 2.45) is 29.6 Å². The molecule has 2 N–H and O–H groups in total. The number of hydrogen-bond acceptors (Lipinski definition) is 8. The predicted molar refractivity (Wildman–Crippen MR) is 176 cm³/mol. The van der Waals surface area contributed by atoms with Gasteiger partial charge in [0.1, 0.15) is 5.82 Å². The highest BCUT2D eigenvalue weighted by Crippen LogP contribution is 2.68. The highest BCUT2D eigenvalue weighted by Gasteiger charge is 2.69. The van der Waals surface area contributed by atoms with Crippen LogP contribution in [0.1, 0.15) is 28.3 Å². The van der Waals surface area contributed by atoms with Gasteiger partial charge in [0.25, 0.3) is 5.91 Å². The summed E-state index contributed by atoms with van der Waals surface area (Å²) in [7, 11) is 1.43. The molecule has 4 aromatic rings. The number of thioether (sulfide) groups is 1. The standard InChI is InChI=1S/C35H27F4N3O6S2/c1-47-23-11-15(5-10-22(23)48-14-24(43)40-18-4-2-3-16(12-18)35(37,38)39)25-26-20-13-21(29(26)49-31-30(25)50-34(46)41-31)28-27(20)32(44)42(33(28)45)19-8-6-17(36)7-9-19/h2-12,20-21,25-29H,13-14H2,1H3,(H,40,43)(H,41,46)/t20-,21-,25+,26-,27+,28+,29-/m1/s1. The van der Waals surface area contributed by atoms with E-state index in [0.717, 1.165) is 38.9 Å². The van der Waals surface area contributed by atoms with E-state index in [-0.39, 0.29) is 57.0 Å². The zero-order chi connectivity index (χ0) is 35.1. The maximum absolute atomic E-state index is 13.9. The van der Waals surface area contributed by atoms with Crippen LogP contribution in [0.3, 0.4) is 0 Å². The zero-order valence-corrected chi connectivity index (χ0v) is 27.7. The van der Waals surface area contributed by atoms with Crippen molar-refractivity contribution in [3.05, 3.63) is 98.2 Å². The first-order valence-electron chi connectivity index (χ1n) is 15.7. The van der Waals surface area contributed by atoms with E-state index >= 15 is 0 Å². The maximum Gasteiger partial charge on any atom is 0.416 e. The number of nitrogens with one attached hydrogen (secondary N) is 2. The summed E-state index contributed by atoms with van der Waals surface area (Å²) in [6, 6.07) is 14.8. The van der Waals surface area contributed by atoms with Crippen molar-refractivity contribution in [3.63, 3.8) is 0 Å². The minimum Gasteiger partial charge on any atom is -0.493 e. The molecule has 4 aliphatic rings. The predicted octanol–water partition coefficient (Wildman–Crippen LogP) is 6.30. The lowest BCUT2D eigenvalue weighted by atomic mass is 9.68. The first-order chi connectivity index (χ1) is 23.9. The number of benzene rings is 3. The Balaban J connectivity index is 1.06. The molecule has 3 heterocycles. The number of hydrogen-bond donors (Lipinski definition) is 2. The molecular formula is C35H27F4N3O6S2. The summed E-state index contributed by atoms with van der Waals surface area (Å²) in [5.74, 6) is -2.92. The summed E-state index contributed by atoms with van der Waals surface area (Å²) in [6.07, 6.45) is -3.88. The van der Waals surface area contributed by atoms with Gasteiger partial charge < -0.3 is 19.8 Å². The van der Waals surface area contributed by atoms with Gasteiger partial charge in [-0.2, -0.15) is 13.2 Å². The van der Waals surface area contributed by atoms with Crippen molar-refractivity contribution in [2.45, 2.75) is 28.8 Å². The molecule has 1 aromatic heterocycles. The average Bonchev–Trinajstić information content (AvgIpc) is 3.82. The summed E-state index contributed by atoms with van der Waals surface area (Å²) in [4.78, 5) is 57.7. The van der Waals surface area contributed by atoms with Gasteiger partial charge in [-0.3, -0.25) is 24.1 Å². The van der Waals surface area contributed by atoms with Crippen molar-refractivity contribution in [3.8, 4) is 11.5 Å². The van der Waals surface area contributed by atoms with E-state index in [1.54, 1.807) is 23.9 Å². The summed E-state index contributed by atoms with van der Waals surface area (Å²) >= 11 is 2.65. The molecule has 15 heteroatoms. The Bertz CT molecular complexity index is 2100. The van der Waals surface area contributed by atoms with Crippen LogP contribution in [0.4, 0.5) is 28.9 Å². The molecule has 8 rings (SSSR count). The Hall–Kier alpha value is -4.63. The van der Waals surface area contributed by atoms with Gasteiger partial charge in [0.15, 0.2) is 18.1 Å². The number of H-pyrrole nitrogens is 1. The van der Waals surface area contributed by atoms with Gasteiger partial charge in [-0.15, -0.1) is 11.8 Å². The van der Waals surface area contributed by atoms with Crippen LogP contribution in [0.25, 0.3) is 0 Å². The molecule has 3 fully saturated rings. The molecule has 1 saturated heterocycles. The van der Waals surface area contributed by atoms with E-state index in [4.69, 9.17) is 9.47 Å². The Labute approximate surface area is 290 Å². The van der Waals surface area contributed by atoms with Crippen molar-refractivity contribution in [2.75, 3.05) is 23.9 Å². The number of fused-ring (bicyclic) bond motifs is 9. The molecule has 2 aliphatic carbocycles. The number of halogens is 4. The molecule has 2 aliphatic heterocycles. The van der Waals surface area contributed by atoms with E-state index in [1.165, 1.54) is 48.4 Å². The SMILES string of the molecule is COc1cc([C@@H]2c3sc(=O)[nH]c3S[C@@H]3[C@@H]4C[C@@H]([C@@H]5C(=O)N(c6ccc(F)cc6)C(=O)[C@@H]45)[C@H]23)ccc1OCC(=O)Nc1cccc(C(F)(F)F)c1. The Kier molecular flexibility index (Phi) is 7.82. The van der Waals surface area contributed by atoms with Crippen LogP contribution in [0.5, 0.6) is 11.5 Å². The first-order valence-corrected chi connectivity index (χ1v) is 17.4. The number of rotatable bonds is 7. The van der Waals surface area contributed by atoms with Crippen LogP contribution < -0.4 is 24.6 Å². The van der Waals surface area contributed by atoms with Gasteiger partial charge in [-0.05, 0) is 84.3 Å². The van der Waals surface area contributed by atoms with Crippen LogP contribution in [-0.2, 0) is 20.6 Å². The molecule has 9 nitrogen and oxygen atoms in total. The Morgan fingerprint density at radius 1 is 0.980 bits per heavy atom. The van der Waals surface area contributed by atoms with Crippen LogP contribution in [0, 0.1) is 35.4 Å². The van der Waals surface area contributed by atoms with Crippen molar-refractivity contribution < 1.29 is 41.4 Å². The number of carbonyl (C=O) groups excluding carboxylic acids is 3. The summed E-state index contributed by atoms with van der Waals surface area (Å²) in [5, 5.41) is 3.08.